The fraction of sp³-hybridized carbons (Fsp3) is 0.154. The van der Waals surface area contributed by atoms with Gasteiger partial charge in [-0.1, -0.05) is 18.2 Å². The minimum Gasteiger partial charge on any atom is -0.395 e. The molecule has 1 heterocycles. The normalized spacial score (nSPS) is 13.0. The van der Waals surface area contributed by atoms with Crippen LogP contribution in [0.5, 0.6) is 0 Å². The molecule has 1 aliphatic rings. The first-order valence-corrected chi connectivity index (χ1v) is 10.8. The van der Waals surface area contributed by atoms with Crippen LogP contribution in [0.4, 0.5) is 17.1 Å². The van der Waals surface area contributed by atoms with Gasteiger partial charge in [0.25, 0.3) is 5.91 Å². The maximum absolute atomic E-state index is 12.2. The molecule has 0 atom stereocenters. The Labute approximate surface area is 207 Å². The SMILES string of the molecule is N#CC(C#N)=C1NC(=O)C(/C=C/c2ccc(N=Nc3ccc(N(CCO)CCO)cc3)cc2)=C1C#N. The summed E-state index contributed by atoms with van der Waals surface area (Å²) in [7, 11) is 0. The van der Waals surface area contributed by atoms with Gasteiger partial charge in [-0.15, -0.1) is 0 Å². The molecule has 178 valence electrons. The molecule has 0 bridgehead atoms. The van der Waals surface area contributed by atoms with Crippen LogP contribution in [-0.4, -0.2) is 42.4 Å². The van der Waals surface area contributed by atoms with Crippen molar-refractivity contribution in [1.82, 2.24) is 5.32 Å². The van der Waals surface area contributed by atoms with E-state index >= 15 is 0 Å². The number of anilines is 1. The number of aliphatic hydroxyl groups is 2. The lowest BCUT2D eigenvalue weighted by atomic mass is 10.1. The Bertz CT molecular complexity index is 1350. The number of nitrogens with one attached hydrogen (secondary N) is 1. The van der Waals surface area contributed by atoms with Crippen molar-refractivity contribution in [3.8, 4) is 18.2 Å². The highest BCUT2D eigenvalue weighted by Crippen LogP contribution is 2.25. The fourth-order valence-corrected chi connectivity index (χ4v) is 3.38. The molecule has 0 saturated carbocycles. The van der Waals surface area contributed by atoms with Crippen molar-refractivity contribution in [2.45, 2.75) is 0 Å². The summed E-state index contributed by atoms with van der Waals surface area (Å²) in [5, 5.41) is 56.6. The zero-order chi connectivity index (χ0) is 25.9. The summed E-state index contributed by atoms with van der Waals surface area (Å²) in [6, 6.07) is 19.5. The summed E-state index contributed by atoms with van der Waals surface area (Å²) in [4.78, 5) is 14.1. The monoisotopic (exact) mass is 479 g/mol. The Hall–Kier alpha value is -5.08. The number of nitriles is 3. The van der Waals surface area contributed by atoms with E-state index in [0.29, 0.717) is 24.5 Å². The minimum absolute atomic E-state index is 0.0155. The van der Waals surface area contributed by atoms with Crippen molar-refractivity contribution in [1.29, 1.82) is 15.8 Å². The predicted molar refractivity (Wildman–Crippen MR) is 132 cm³/mol. The minimum atomic E-state index is -0.562. The van der Waals surface area contributed by atoms with Crippen molar-refractivity contribution in [3.05, 3.63) is 82.6 Å². The molecule has 10 nitrogen and oxygen atoms in total. The fourth-order valence-electron chi connectivity index (χ4n) is 3.38. The number of hydrogen-bond donors (Lipinski definition) is 3. The topological polar surface area (TPSA) is 169 Å². The third kappa shape index (κ3) is 6.07. The summed E-state index contributed by atoms with van der Waals surface area (Å²) >= 11 is 0. The lowest BCUT2D eigenvalue weighted by Gasteiger charge is -2.22. The molecule has 2 aromatic carbocycles. The van der Waals surface area contributed by atoms with Crippen LogP contribution >= 0.6 is 0 Å². The highest BCUT2D eigenvalue weighted by molar-refractivity contribution is 6.05. The lowest BCUT2D eigenvalue weighted by Crippen LogP contribution is -2.29. The molecular weight excluding hydrogens is 458 g/mol. The van der Waals surface area contributed by atoms with Crippen molar-refractivity contribution < 1.29 is 15.0 Å². The van der Waals surface area contributed by atoms with E-state index in [0.717, 1.165) is 11.3 Å². The number of nitrogens with zero attached hydrogens (tertiary/aromatic N) is 6. The van der Waals surface area contributed by atoms with Gasteiger partial charge in [0.05, 0.1) is 41.4 Å². The van der Waals surface area contributed by atoms with E-state index in [9.17, 15) is 10.1 Å². The Morgan fingerprint density at radius 3 is 1.94 bits per heavy atom. The molecule has 3 rings (SSSR count). The molecule has 3 N–H and O–H groups in total. The van der Waals surface area contributed by atoms with Crippen LogP contribution in [0, 0.1) is 34.0 Å². The largest absolute Gasteiger partial charge is 0.395 e. The third-order valence-electron chi connectivity index (χ3n) is 5.16. The standard InChI is InChI=1S/C26H21N7O3/c27-15-19(16-28)25-24(17-29)23(26(36)30-25)10-3-18-1-4-20(5-2-18)31-32-21-6-8-22(9-7-21)33(11-13-34)12-14-35/h1-10,34-35H,11-14H2,(H,30,36)/b10-3+,32-31?. The first-order chi connectivity index (χ1) is 17.5. The zero-order valence-electron chi connectivity index (χ0n) is 19.1. The number of carbonyl (C=O) groups is 1. The molecule has 0 aliphatic carbocycles. The van der Waals surface area contributed by atoms with E-state index < -0.39 is 5.91 Å². The van der Waals surface area contributed by atoms with Gasteiger partial charge in [-0.05, 0) is 48.0 Å². The average Bonchev–Trinajstić information content (AvgIpc) is 3.22. The number of azo groups is 1. The van der Waals surface area contributed by atoms with E-state index in [1.807, 2.05) is 23.1 Å². The summed E-state index contributed by atoms with van der Waals surface area (Å²) < 4.78 is 0. The van der Waals surface area contributed by atoms with Crippen LogP contribution < -0.4 is 10.2 Å². The Balaban J connectivity index is 1.72. The Morgan fingerprint density at radius 2 is 1.44 bits per heavy atom. The maximum atomic E-state index is 12.2. The highest BCUT2D eigenvalue weighted by Gasteiger charge is 2.28. The third-order valence-corrected chi connectivity index (χ3v) is 5.16. The molecule has 1 aliphatic heterocycles. The lowest BCUT2D eigenvalue weighted by molar-refractivity contribution is -0.115. The first-order valence-electron chi connectivity index (χ1n) is 10.8. The number of hydrogen-bond acceptors (Lipinski definition) is 9. The number of rotatable bonds is 9. The second-order valence-corrected chi connectivity index (χ2v) is 7.40. The summed E-state index contributed by atoms with van der Waals surface area (Å²) in [6.07, 6.45) is 3.10. The van der Waals surface area contributed by atoms with Gasteiger partial charge >= 0.3 is 0 Å². The second kappa shape index (κ2) is 12.4. The Kier molecular flexibility index (Phi) is 8.80. The van der Waals surface area contributed by atoms with Crippen LogP contribution in [0.2, 0.25) is 0 Å². The molecule has 0 spiro atoms. The first kappa shape index (κ1) is 25.5. The molecule has 0 saturated heterocycles. The van der Waals surface area contributed by atoms with Gasteiger partial charge in [0.15, 0.2) is 5.57 Å². The van der Waals surface area contributed by atoms with Crippen molar-refractivity contribution in [3.63, 3.8) is 0 Å². The Morgan fingerprint density at radius 1 is 0.889 bits per heavy atom. The van der Waals surface area contributed by atoms with Crippen LogP contribution in [-0.2, 0) is 4.79 Å². The number of amides is 1. The van der Waals surface area contributed by atoms with Gasteiger partial charge < -0.3 is 20.4 Å². The molecule has 0 unspecified atom stereocenters. The van der Waals surface area contributed by atoms with Crippen molar-refractivity contribution in [2.24, 2.45) is 10.2 Å². The van der Waals surface area contributed by atoms with Crippen LogP contribution in [0.1, 0.15) is 5.56 Å². The van der Waals surface area contributed by atoms with E-state index in [2.05, 4.69) is 15.5 Å². The van der Waals surface area contributed by atoms with Crippen LogP contribution in [0.3, 0.4) is 0 Å². The van der Waals surface area contributed by atoms with Gasteiger partial charge in [-0.2, -0.15) is 26.0 Å². The number of aliphatic hydroxyl groups excluding tert-OH is 2. The van der Waals surface area contributed by atoms with E-state index in [-0.39, 0.29) is 35.6 Å². The van der Waals surface area contributed by atoms with E-state index in [4.69, 9.17) is 20.7 Å². The molecule has 1 amide bonds. The van der Waals surface area contributed by atoms with Crippen molar-refractivity contribution >= 4 is 29.0 Å². The molecule has 36 heavy (non-hydrogen) atoms. The van der Waals surface area contributed by atoms with Crippen molar-refractivity contribution in [2.75, 3.05) is 31.2 Å². The molecule has 0 fully saturated rings. The van der Waals surface area contributed by atoms with Gasteiger partial charge in [0.1, 0.15) is 18.2 Å². The quantitative estimate of drug-likeness (QED) is 0.366. The predicted octanol–water partition coefficient (Wildman–Crippen LogP) is 3.16. The summed E-state index contributed by atoms with van der Waals surface area (Å²) in [6.45, 7) is 0.804. The molecular formula is C26H21N7O3. The molecule has 10 heteroatoms. The van der Waals surface area contributed by atoms with E-state index in [1.54, 1.807) is 54.6 Å². The highest BCUT2D eigenvalue weighted by atomic mass is 16.3. The van der Waals surface area contributed by atoms with E-state index in [1.165, 1.54) is 6.08 Å². The molecule has 0 radical (unpaired) electrons. The van der Waals surface area contributed by atoms with Gasteiger partial charge in [0, 0.05) is 18.8 Å². The van der Waals surface area contributed by atoms with Gasteiger partial charge in [-0.3, -0.25) is 4.79 Å². The molecule has 0 aromatic heterocycles. The second-order valence-electron chi connectivity index (χ2n) is 7.40. The van der Waals surface area contributed by atoms with Gasteiger partial charge in [0.2, 0.25) is 0 Å². The zero-order valence-corrected chi connectivity index (χ0v) is 19.1. The summed E-state index contributed by atoms with van der Waals surface area (Å²) in [5.41, 5.74) is 2.44. The number of allylic oxidation sites excluding steroid dienone is 2. The number of carbonyl (C=O) groups excluding carboxylic acids is 1. The molecule has 2 aromatic rings. The van der Waals surface area contributed by atoms with Crippen LogP contribution in [0.15, 0.2) is 87.3 Å². The number of benzene rings is 2. The maximum Gasteiger partial charge on any atom is 0.257 e. The van der Waals surface area contributed by atoms with Gasteiger partial charge in [-0.25, -0.2) is 0 Å². The summed E-state index contributed by atoms with van der Waals surface area (Å²) in [5.74, 6) is -0.562. The van der Waals surface area contributed by atoms with Crippen LogP contribution in [0.25, 0.3) is 6.08 Å². The smallest absolute Gasteiger partial charge is 0.257 e. The average molecular weight is 480 g/mol.